The average Bonchev–Trinajstić information content (AvgIpc) is 3.28. The number of hydrogen-bond acceptors (Lipinski definition) is 4. The van der Waals surface area contributed by atoms with E-state index in [2.05, 4.69) is 9.82 Å². The summed E-state index contributed by atoms with van der Waals surface area (Å²) in [5, 5.41) is 13.7. The zero-order valence-electron chi connectivity index (χ0n) is 17.0. The van der Waals surface area contributed by atoms with E-state index in [1.165, 1.54) is 29.1 Å². The second kappa shape index (κ2) is 9.07. The minimum Gasteiger partial charge on any atom is -0.478 e. The molecular formula is C24H21N3O4S. The fourth-order valence-electron chi connectivity index (χ4n) is 3.42. The van der Waals surface area contributed by atoms with Gasteiger partial charge in [-0.25, -0.2) is 4.79 Å². The van der Waals surface area contributed by atoms with E-state index < -0.39 is 16.0 Å². The first-order valence-electron chi connectivity index (χ1n) is 9.95. The number of carboxylic acids is 1. The Hall–Kier alpha value is -3.91. The van der Waals surface area contributed by atoms with Crippen LogP contribution in [0.5, 0.6) is 0 Å². The van der Waals surface area contributed by atoms with Gasteiger partial charge in [-0.2, -0.15) is 13.5 Å². The van der Waals surface area contributed by atoms with Crippen molar-refractivity contribution in [2.45, 2.75) is 18.0 Å². The minimum atomic E-state index is -4.07. The summed E-state index contributed by atoms with van der Waals surface area (Å²) < 4.78 is 30.2. The van der Waals surface area contributed by atoms with Gasteiger partial charge in [-0.1, -0.05) is 66.7 Å². The molecule has 1 aromatic heterocycles. The van der Waals surface area contributed by atoms with Gasteiger partial charge in [-0.3, -0.25) is 9.40 Å². The molecule has 162 valence electrons. The maximum Gasteiger partial charge on any atom is 0.337 e. The molecule has 0 radical (unpaired) electrons. The normalized spacial score (nSPS) is 11.2. The first kappa shape index (κ1) is 21.3. The van der Waals surface area contributed by atoms with Crippen molar-refractivity contribution in [3.05, 3.63) is 102 Å². The van der Waals surface area contributed by atoms with Crippen LogP contribution in [-0.2, 0) is 23.0 Å². The van der Waals surface area contributed by atoms with Crippen LogP contribution in [0.3, 0.4) is 0 Å². The monoisotopic (exact) mass is 447 g/mol. The molecule has 0 saturated heterocycles. The Morgan fingerprint density at radius 2 is 1.59 bits per heavy atom. The van der Waals surface area contributed by atoms with Crippen molar-refractivity contribution >= 4 is 21.7 Å². The molecular weight excluding hydrogens is 426 g/mol. The van der Waals surface area contributed by atoms with Crippen molar-refractivity contribution in [1.82, 2.24) is 9.78 Å². The molecule has 4 aromatic rings. The summed E-state index contributed by atoms with van der Waals surface area (Å²) in [6.45, 7) is 0.364. The Morgan fingerprint density at radius 1 is 0.906 bits per heavy atom. The average molecular weight is 448 g/mol. The Kier molecular flexibility index (Phi) is 6.04. The van der Waals surface area contributed by atoms with Crippen LogP contribution in [0, 0.1) is 0 Å². The highest BCUT2D eigenvalue weighted by atomic mass is 32.2. The number of anilines is 1. The number of carbonyl (C=O) groups is 1. The maximum absolute atomic E-state index is 13.2. The Bertz CT molecular complexity index is 1330. The lowest BCUT2D eigenvalue weighted by Crippen LogP contribution is -2.20. The smallest absolute Gasteiger partial charge is 0.337 e. The summed E-state index contributed by atoms with van der Waals surface area (Å²) in [6, 6.07) is 25.0. The predicted octanol–water partition coefficient (Wildman–Crippen LogP) is 4.29. The Morgan fingerprint density at radius 3 is 2.28 bits per heavy atom. The molecule has 3 aromatic carbocycles. The summed E-state index contributed by atoms with van der Waals surface area (Å²) in [5.41, 5.74) is 2.46. The van der Waals surface area contributed by atoms with Gasteiger partial charge in [0.15, 0.2) is 5.03 Å². The van der Waals surface area contributed by atoms with Gasteiger partial charge in [-0.15, -0.1) is 0 Å². The molecule has 2 N–H and O–H groups in total. The van der Waals surface area contributed by atoms with Crippen LogP contribution in [0.4, 0.5) is 5.69 Å². The first-order chi connectivity index (χ1) is 15.4. The molecule has 4 rings (SSSR count). The van der Waals surface area contributed by atoms with E-state index in [0.717, 1.165) is 11.1 Å². The quantitative estimate of drug-likeness (QED) is 0.420. The molecule has 0 aliphatic heterocycles. The number of benzene rings is 3. The van der Waals surface area contributed by atoms with Crippen molar-refractivity contribution in [2.75, 3.05) is 4.72 Å². The highest BCUT2D eigenvalue weighted by Gasteiger charge is 2.23. The zero-order valence-corrected chi connectivity index (χ0v) is 17.9. The van der Waals surface area contributed by atoms with Gasteiger partial charge in [0.05, 0.1) is 17.4 Å². The first-order valence-corrected chi connectivity index (χ1v) is 11.4. The Balaban J connectivity index is 1.64. The van der Waals surface area contributed by atoms with Crippen molar-refractivity contribution in [2.24, 2.45) is 0 Å². The van der Waals surface area contributed by atoms with Crippen molar-refractivity contribution in [3.8, 4) is 11.1 Å². The lowest BCUT2D eigenvalue weighted by molar-refractivity contribution is 0.0698. The van der Waals surface area contributed by atoms with E-state index in [9.17, 15) is 18.3 Å². The number of aromatic carboxylic acids is 1. The molecule has 0 saturated carbocycles. The molecule has 0 spiro atoms. The number of aromatic nitrogens is 2. The lowest BCUT2D eigenvalue weighted by atomic mass is 10.0. The molecule has 0 amide bonds. The second-order valence-electron chi connectivity index (χ2n) is 7.17. The number of rotatable bonds is 8. The molecule has 32 heavy (non-hydrogen) atoms. The third kappa shape index (κ3) is 4.70. The number of carboxylic acid groups (broad SMARTS) is 1. The minimum absolute atomic E-state index is 0.00494. The van der Waals surface area contributed by atoms with Gasteiger partial charge in [0.2, 0.25) is 0 Å². The maximum atomic E-state index is 13.2. The number of aryl methyl sites for hydroxylation is 2. The SMILES string of the molecule is O=C(O)c1ccc(-c2ccccc2)cc1NS(=O)(=O)c1ccnn1CCc1ccccc1. The highest BCUT2D eigenvalue weighted by Crippen LogP contribution is 2.28. The van der Waals surface area contributed by atoms with Crippen LogP contribution in [0.2, 0.25) is 0 Å². The van der Waals surface area contributed by atoms with Gasteiger partial charge in [-0.05, 0) is 41.3 Å². The van der Waals surface area contributed by atoms with Gasteiger partial charge >= 0.3 is 5.97 Å². The molecule has 0 aliphatic rings. The van der Waals surface area contributed by atoms with Gasteiger partial charge in [0, 0.05) is 6.54 Å². The molecule has 8 heteroatoms. The summed E-state index contributed by atoms with van der Waals surface area (Å²) in [6.07, 6.45) is 2.02. The largest absolute Gasteiger partial charge is 0.478 e. The molecule has 7 nitrogen and oxygen atoms in total. The second-order valence-corrected chi connectivity index (χ2v) is 8.79. The molecule has 0 aliphatic carbocycles. The third-order valence-electron chi connectivity index (χ3n) is 5.01. The topological polar surface area (TPSA) is 101 Å². The highest BCUT2D eigenvalue weighted by molar-refractivity contribution is 7.92. The number of sulfonamides is 1. The number of nitrogens with zero attached hydrogens (tertiary/aromatic N) is 2. The van der Waals surface area contributed by atoms with Crippen molar-refractivity contribution < 1.29 is 18.3 Å². The summed E-state index contributed by atoms with van der Waals surface area (Å²) in [5.74, 6) is -1.22. The van der Waals surface area contributed by atoms with Gasteiger partial charge < -0.3 is 5.11 Å². The summed E-state index contributed by atoms with van der Waals surface area (Å²) in [4.78, 5) is 11.7. The van der Waals surface area contributed by atoms with Crippen LogP contribution < -0.4 is 4.72 Å². The van der Waals surface area contributed by atoms with Gasteiger partial charge in [0.1, 0.15) is 0 Å². The fraction of sp³-hybridized carbons (Fsp3) is 0.0833. The van der Waals surface area contributed by atoms with Crippen molar-refractivity contribution in [1.29, 1.82) is 0 Å². The molecule has 0 bridgehead atoms. The van der Waals surface area contributed by atoms with Crippen LogP contribution >= 0.6 is 0 Å². The lowest BCUT2D eigenvalue weighted by Gasteiger charge is -2.14. The van der Waals surface area contributed by atoms with Crippen LogP contribution in [0.15, 0.2) is 96.2 Å². The number of nitrogens with one attached hydrogen (secondary N) is 1. The van der Waals surface area contributed by atoms with Crippen LogP contribution in [-0.4, -0.2) is 29.3 Å². The molecule has 0 fully saturated rings. The van der Waals surface area contributed by atoms with Crippen LogP contribution in [0.1, 0.15) is 15.9 Å². The van der Waals surface area contributed by atoms with Crippen LogP contribution in [0.25, 0.3) is 11.1 Å². The standard InChI is InChI=1S/C24H21N3O4S/c28-24(29)21-12-11-20(19-9-5-2-6-10-19)17-22(21)26-32(30,31)23-13-15-25-27(23)16-14-18-7-3-1-4-8-18/h1-13,15,17,26H,14,16H2,(H,28,29). The van der Waals surface area contributed by atoms with E-state index in [-0.39, 0.29) is 16.3 Å². The van der Waals surface area contributed by atoms with E-state index in [1.807, 2.05) is 60.7 Å². The van der Waals surface area contributed by atoms with E-state index in [1.54, 1.807) is 6.07 Å². The van der Waals surface area contributed by atoms with Crippen molar-refractivity contribution in [3.63, 3.8) is 0 Å². The fourth-order valence-corrected chi connectivity index (χ4v) is 4.64. The predicted molar refractivity (Wildman–Crippen MR) is 122 cm³/mol. The summed E-state index contributed by atoms with van der Waals surface area (Å²) in [7, 11) is -4.07. The van der Waals surface area contributed by atoms with E-state index in [4.69, 9.17) is 0 Å². The third-order valence-corrected chi connectivity index (χ3v) is 6.40. The van der Waals surface area contributed by atoms with Gasteiger partial charge in [0.25, 0.3) is 10.0 Å². The van der Waals surface area contributed by atoms with E-state index >= 15 is 0 Å². The number of hydrogen-bond donors (Lipinski definition) is 2. The Labute approximate surface area is 186 Å². The molecule has 0 unspecified atom stereocenters. The summed E-state index contributed by atoms with van der Waals surface area (Å²) >= 11 is 0. The zero-order chi connectivity index (χ0) is 22.6. The van der Waals surface area contributed by atoms with E-state index in [0.29, 0.717) is 18.5 Å². The molecule has 0 atom stereocenters. The molecule has 1 heterocycles.